The molecule has 2 nitrogen and oxygen atoms in total. The summed E-state index contributed by atoms with van der Waals surface area (Å²) in [6, 6.07) is 2.43. The summed E-state index contributed by atoms with van der Waals surface area (Å²) >= 11 is 0. The third kappa shape index (κ3) is 2.25. The molecule has 0 radical (unpaired) electrons. The zero-order valence-corrected chi connectivity index (χ0v) is 11.3. The Kier molecular flexibility index (Phi) is 3.05. The van der Waals surface area contributed by atoms with Crippen molar-refractivity contribution in [1.29, 1.82) is 0 Å². The Bertz CT molecular complexity index is 483. The first-order valence-corrected chi connectivity index (χ1v) is 6.29. The van der Waals surface area contributed by atoms with Crippen LogP contribution in [0.3, 0.4) is 0 Å². The first-order valence-electron chi connectivity index (χ1n) is 6.29. The zero-order chi connectivity index (χ0) is 12.6. The number of hydrogen-bond donors (Lipinski definition) is 1. The number of fused-ring (bicyclic) bond motifs is 1. The smallest absolute Gasteiger partial charge is 0.0836 e. The van der Waals surface area contributed by atoms with Gasteiger partial charge in [-0.3, -0.25) is 0 Å². The van der Waals surface area contributed by atoms with Gasteiger partial charge in [0, 0.05) is 17.4 Å². The molecule has 2 N–H and O–H groups in total. The van der Waals surface area contributed by atoms with Crippen LogP contribution in [0, 0.1) is 24.2 Å². The number of aromatic nitrogens is 1. The summed E-state index contributed by atoms with van der Waals surface area (Å²) in [5.41, 5.74) is 10.6. The minimum atomic E-state index is 0.184. The van der Waals surface area contributed by atoms with Crippen LogP contribution in [0.4, 0.5) is 0 Å². The van der Waals surface area contributed by atoms with Gasteiger partial charge in [0.05, 0.1) is 6.54 Å². The van der Waals surface area contributed by atoms with Gasteiger partial charge in [0.15, 0.2) is 0 Å². The fourth-order valence-corrected chi connectivity index (χ4v) is 2.88. The highest BCUT2D eigenvalue weighted by Gasteiger charge is 2.32. The van der Waals surface area contributed by atoms with Crippen LogP contribution >= 0.6 is 0 Å². The van der Waals surface area contributed by atoms with Crippen LogP contribution in [0.2, 0.25) is 0 Å². The molecule has 0 fully saturated rings. The van der Waals surface area contributed by atoms with E-state index in [1.165, 1.54) is 17.0 Å². The van der Waals surface area contributed by atoms with E-state index in [4.69, 9.17) is 5.73 Å². The fraction of sp³-hybridized carbons (Fsp3) is 0.600. The van der Waals surface area contributed by atoms with Gasteiger partial charge in [-0.1, -0.05) is 19.8 Å². The van der Waals surface area contributed by atoms with E-state index >= 15 is 0 Å². The highest BCUT2D eigenvalue weighted by molar-refractivity contribution is 5.34. The van der Waals surface area contributed by atoms with Crippen LogP contribution < -0.4 is 5.73 Å². The summed E-state index contributed by atoms with van der Waals surface area (Å²) in [6.45, 7) is 9.43. The van der Waals surface area contributed by atoms with Crippen molar-refractivity contribution in [3.63, 3.8) is 0 Å². The van der Waals surface area contributed by atoms with E-state index in [1.54, 1.807) is 0 Å². The number of hydrogen-bond acceptors (Lipinski definition) is 1. The SMILES string of the molecule is CC#CCn1c(C)cc2c1CC(C)(C)CC2N. The molecule has 1 aliphatic rings. The second kappa shape index (κ2) is 4.23. The molecule has 0 saturated heterocycles. The Balaban J connectivity index is 2.45. The molecule has 0 amide bonds. The van der Waals surface area contributed by atoms with E-state index in [2.05, 4.69) is 43.2 Å². The quantitative estimate of drug-likeness (QED) is 0.739. The molecule has 17 heavy (non-hydrogen) atoms. The van der Waals surface area contributed by atoms with Gasteiger partial charge >= 0.3 is 0 Å². The molecule has 1 heterocycles. The number of aryl methyl sites for hydroxylation is 1. The van der Waals surface area contributed by atoms with Crippen LogP contribution in [-0.2, 0) is 13.0 Å². The molecule has 1 aliphatic carbocycles. The van der Waals surface area contributed by atoms with Crippen LogP contribution in [0.1, 0.15) is 50.2 Å². The van der Waals surface area contributed by atoms with Gasteiger partial charge < -0.3 is 10.3 Å². The number of nitrogens with zero attached hydrogens (tertiary/aromatic N) is 1. The molecule has 2 heteroatoms. The minimum absolute atomic E-state index is 0.184. The lowest BCUT2D eigenvalue weighted by molar-refractivity contribution is 0.276. The molecule has 1 aromatic rings. The van der Waals surface area contributed by atoms with Gasteiger partial charge in [0.25, 0.3) is 0 Å². The van der Waals surface area contributed by atoms with Crippen molar-refractivity contribution in [3.8, 4) is 11.8 Å². The van der Waals surface area contributed by atoms with E-state index in [0.717, 1.165) is 19.4 Å². The molecule has 0 aliphatic heterocycles. The molecule has 0 saturated carbocycles. The van der Waals surface area contributed by atoms with Gasteiger partial charge in [-0.2, -0.15) is 0 Å². The lowest BCUT2D eigenvalue weighted by atomic mass is 9.74. The Hall–Kier alpha value is -1.20. The summed E-state index contributed by atoms with van der Waals surface area (Å²) in [5, 5.41) is 0. The Morgan fingerprint density at radius 3 is 2.88 bits per heavy atom. The third-order valence-electron chi connectivity index (χ3n) is 3.68. The molecule has 92 valence electrons. The largest absolute Gasteiger partial charge is 0.337 e. The third-order valence-corrected chi connectivity index (χ3v) is 3.68. The summed E-state index contributed by atoms with van der Waals surface area (Å²) in [7, 11) is 0. The highest BCUT2D eigenvalue weighted by Crippen LogP contribution is 2.40. The molecule has 1 aromatic heterocycles. The van der Waals surface area contributed by atoms with Crippen molar-refractivity contribution in [1.82, 2.24) is 4.57 Å². The Morgan fingerprint density at radius 2 is 2.24 bits per heavy atom. The van der Waals surface area contributed by atoms with E-state index < -0.39 is 0 Å². The summed E-state index contributed by atoms with van der Waals surface area (Å²) in [6.07, 6.45) is 2.18. The van der Waals surface area contributed by atoms with Crippen LogP contribution in [-0.4, -0.2) is 4.57 Å². The van der Waals surface area contributed by atoms with Gasteiger partial charge in [0.1, 0.15) is 0 Å². The molecule has 1 unspecified atom stereocenters. The van der Waals surface area contributed by atoms with E-state index in [0.29, 0.717) is 5.41 Å². The molecule has 1 atom stereocenters. The first-order chi connectivity index (χ1) is 7.94. The molecular formula is C15H22N2. The van der Waals surface area contributed by atoms with Gasteiger partial charge in [-0.05, 0) is 43.7 Å². The van der Waals surface area contributed by atoms with Gasteiger partial charge in [-0.15, -0.1) is 5.92 Å². The molecule has 0 spiro atoms. The van der Waals surface area contributed by atoms with Crippen LogP contribution in [0.15, 0.2) is 6.07 Å². The van der Waals surface area contributed by atoms with E-state index in [1.807, 2.05) is 6.92 Å². The standard InChI is InChI=1S/C15H22N2/c1-5-6-7-17-11(2)8-12-13(16)9-15(3,4)10-14(12)17/h8,13H,7,9-10,16H2,1-4H3. The van der Waals surface area contributed by atoms with Gasteiger partial charge in [0.2, 0.25) is 0 Å². The molecule has 2 rings (SSSR count). The van der Waals surface area contributed by atoms with Gasteiger partial charge in [-0.25, -0.2) is 0 Å². The maximum Gasteiger partial charge on any atom is 0.0836 e. The lowest BCUT2D eigenvalue weighted by Crippen LogP contribution is -2.30. The maximum absolute atomic E-state index is 6.28. The monoisotopic (exact) mass is 230 g/mol. The van der Waals surface area contributed by atoms with E-state index in [9.17, 15) is 0 Å². The minimum Gasteiger partial charge on any atom is -0.337 e. The fourth-order valence-electron chi connectivity index (χ4n) is 2.88. The second-order valence-corrected chi connectivity index (χ2v) is 5.85. The predicted molar refractivity (Wildman–Crippen MR) is 71.6 cm³/mol. The van der Waals surface area contributed by atoms with Crippen LogP contribution in [0.5, 0.6) is 0 Å². The average Bonchev–Trinajstić information content (AvgIpc) is 2.51. The second-order valence-electron chi connectivity index (χ2n) is 5.85. The van der Waals surface area contributed by atoms with Crippen molar-refractivity contribution in [3.05, 3.63) is 23.0 Å². The average molecular weight is 230 g/mol. The molecule has 0 aromatic carbocycles. The molecular weight excluding hydrogens is 208 g/mol. The Labute approximate surface area is 104 Å². The number of rotatable bonds is 1. The number of nitrogens with two attached hydrogens (primary N) is 1. The summed E-state index contributed by atoms with van der Waals surface area (Å²) < 4.78 is 2.33. The lowest BCUT2D eigenvalue weighted by Gasteiger charge is -2.34. The zero-order valence-electron chi connectivity index (χ0n) is 11.3. The van der Waals surface area contributed by atoms with Crippen molar-refractivity contribution < 1.29 is 0 Å². The van der Waals surface area contributed by atoms with Crippen molar-refractivity contribution >= 4 is 0 Å². The Morgan fingerprint density at radius 1 is 1.53 bits per heavy atom. The first kappa shape index (κ1) is 12.3. The summed E-state index contributed by atoms with van der Waals surface area (Å²) in [5.74, 6) is 6.13. The maximum atomic E-state index is 6.28. The topological polar surface area (TPSA) is 30.9 Å². The van der Waals surface area contributed by atoms with Crippen molar-refractivity contribution in [2.75, 3.05) is 0 Å². The van der Waals surface area contributed by atoms with Crippen molar-refractivity contribution in [2.45, 2.75) is 53.1 Å². The van der Waals surface area contributed by atoms with E-state index in [-0.39, 0.29) is 6.04 Å². The van der Waals surface area contributed by atoms with Crippen LogP contribution in [0.25, 0.3) is 0 Å². The van der Waals surface area contributed by atoms with Crippen molar-refractivity contribution in [2.24, 2.45) is 11.1 Å². The summed E-state index contributed by atoms with van der Waals surface area (Å²) in [4.78, 5) is 0. The molecule has 0 bridgehead atoms. The predicted octanol–water partition coefficient (Wildman–Crippen LogP) is 2.79. The normalized spacial score (nSPS) is 21.6. The highest BCUT2D eigenvalue weighted by atomic mass is 15.0.